The number of aromatic nitrogens is 7. The van der Waals surface area contributed by atoms with Crippen LogP contribution in [0, 0.1) is 5.82 Å². The van der Waals surface area contributed by atoms with Crippen LogP contribution in [0.3, 0.4) is 0 Å². The molecule has 0 bridgehead atoms. The van der Waals surface area contributed by atoms with E-state index in [1.807, 2.05) is 40.8 Å². The number of benzene rings is 1. The van der Waals surface area contributed by atoms with E-state index in [1.54, 1.807) is 29.5 Å². The van der Waals surface area contributed by atoms with Gasteiger partial charge in [-0.2, -0.15) is 18.3 Å². The topological polar surface area (TPSA) is 161 Å². The van der Waals surface area contributed by atoms with Gasteiger partial charge in [0.05, 0.1) is 55.7 Å². The number of hydrogen-bond acceptors (Lipinski definition) is 13. The lowest BCUT2D eigenvalue weighted by Gasteiger charge is -2.35. The van der Waals surface area contributed by atoms with Crippen molar-refractivity contribution in [2.75, 3.05) is 51.2 Å². The van der Waals surface area contributed by atoms with Crippen LogP contribution in [0.2, 0.25) is 0 Å². The minimum Gasteiger partial charge on any atom is -0.444 e. The number of anilines is 2. The SMILES string of the molecule is CC.CC(C)(O)Cn1cc(-c2nc(Nc3ccc(SNCCOCc4cn(CCN5CCN(C(=O)OC(C)(C)C)CC5)nn4)cc3F)ncc2C(F)(F)F)cn1. The summed E-state index contributed by atoms with van der Waals surface area (Å²) < 4.78 is 73.8. The summed E-state index contributed by atoms with van der Waals surface area (Å²) in [5, 5.41) is 25.1. The van der Waals surface area contributed by atoms with Crippen molar-refractivity contribution in [2.45, 2.75) is 90.4 Å². The van der Waals surface area contributed by atoms with E-state index in [0.29, 0.717) is 49.6 Å². The molecular weight excluding hydrogens is 759 g/mol. The number of nitrogens with one attached hydrogen (secondary N) is 2. The van der Waals surface area contributed by atoms with Gasteiger partial charge in [-0.1, -0.05) is 19.1 Å². The van der Waals surface area contributed by atoms with Gasteiger partial charge in [-0.25, -0.2) is 19.2 Å². The molecule has 0 radical (unpaired) electrons. The highest BCUT2D eigenvalue weighted by molar-refractivity contribution is 7.97. The molecule has 1 aliphatic rings. The molecule has 56 heavy (non-hydrogen) atoms. The predicted molar refractivity (Wildman–Crippen MR) is 203 cm³/mol. The lowest BCUT2D eigenvalue weighted by Crippen LogP contribution is -2.50. The van der Waals surface area contributed by atoms with Crippen LogP contribution in [0.15, 0.2) is 47.9 Å². The second-order valence-corrected chi connectivity index (χ2v) is 15.3. The van der Waals surface area contributed by atoms with Crippen molar-refractivity contribution in [3.05, 3.63) is 60.1 Å². The molecule has 1 amide bonds. The number of ether oxygens (including phenoxy) is 2. The summed E-state index contributed by atoms with van der Waals surface area (Å²) in [6.07, 6.45) is -0.00650. The molecule has 0 unspecified atom stereocenters. The first kappa shape index (κ1) is 44.3. The van der Waals surface area contributed by atoms with Crippen LogP contribution in [-0.4, -0.2) is 113 Å². The van der Waals surface area contributed by atoms with Crippen molar-refractivity contribution in [1.82, 2.24) is 49.3 Å². The summed E-state index contributed by atoms with van der Waals surface area (Å²) in [6.45, 7) is 17.9. The number of nitrogens with zero attached hydrogens (tertiary/aromatic N) is 9. The molecule has 3 aromatic heterocycles. The Kier molecular flexibility index (Phi) is 15.6. The third-order valence-electron chi connectivity index (χ3n) is 7.78. The Hall–Kier alpha value is -4.37. The third kappa shape index (κ3) is 14.0. The molecule has 1 saturated heterocycles. The summed E-state index contributed by atoms with van der Waals surface area (Å²) in [7, 11) is 0. The molecule has 3 N–H and O–H groups in total. The van der Waals surface area contributed by atoms with Crippen molar-refractivity contribution < 1.29 is 36.9 Å². The van der Waals surface area contributed by atoms with Crippen LogP contribution in [0.4, 0.5) is 34.0 Å². The summed E-state index contributed by atoms with van der Waals surface area (Å²) in [5.74, 6) is -0.898. The molecule has 15 nitrogen and oxygen atoms in total. The molecule has 0 atom stereocenters. The van der Waals surface area contributed by atoms with Crippen molar-refractivity contribution in [3.63, 3.8) is 0 Å². The van der Waals surface area contributed by atoms with Gasteiger partial charge in [-0.05, 0) is 64.8 Å². The van der Waals surface area contributed by atoms with Gasteiger partial charge < -0.3 is 24.8 Å². The summed E-state index contributed by atoms with van der Waals surface area (Å²) in [6, 6.07) is 4.34. The summed E-state index contributed by atoms with van der Waals surface area (Å²) >= 11 is 1.19. The first-order chi connectivity index (χ1) is 26.4. The molecule has 4 heterocycles. The average Bonchev–Trinajstić information content (AvgIpc) is 3.78. The monoisotopic (exact) mass is 809 g/mol. The lowest BCUT2D eigenvalue weighted by molar-refractivity contribution is -0.137. The third-order valence-corrected chi connectivity index (χ3v) is 8.62. The molecule has 20 heteroatoms. The maximum Gasteiger partial charge on any atom is 0.419 e. The standard InChI is InChI=1S/C34H45F4N11O4S.C2H6/c1-32(2,3)53-31(50)47-12-9-46(10-13-47)11-14-48-20-24(44-45-48)21-52-15-8-41-54-25-6-7-28(27(35)16-25)42-30-39-18-26(34(36,37)38)29(43-30)23-17-40-49(19-23)22-33(4,5)51;1-2/h6-7,16-20,41,51H,8-15,21-22H2,1-5H3,(H,39,42,43);1-2H3. The minimum atomic E-state index is -4.75. The number of aliphatic hydroxyl groups is 1. The number of hydrogen-bond donors (Lipinski definition) is 3. The Morgan fingerprint density at radius 3 is 2.39 bits per heavy atom. The van der Waals surface area contributed by atoms with E-state index in [1.165, 1.54) is 41.2 Å². The van der Waals surface area contributed by atoms with Crippen LogP contribution < -0.4 is 10.0 Å². The van der Waals surface area contributed by atoms with Crippen LogP contribution in [0.1, 0.15) is 59.7 Å². The van der Waals surface area contributed by atoms with Gasteiger partial charge >= 0.3 is 12.3 Å². The van der Waals surface area contributed by atoms with Gasteiger partial charge in [-0.15, -0.1) is 5.10 Å². The van der Waals surface area contributed by atoms with E-state index in [4.69, 9.17) is 9.47 Å². The largest absolute Gasteiger partial charge is 0.444 e. The number of rotatable bonds is 15. The average molecular weight is 810 g/mol. The quantitative estimate of drug-likeness (QED) is 0.0730. The highest BCUT2D eigenvalue weighted by atomic mass is 32.2. The number of alkyl halides is 3. The molecule has 5 rings (SSSR count). The fourth-order valence-corrected chi connectivity index (χ4v) is 5.93. The zero-order valence-corrected chi connectivity index (χ0v) is 33.5. The normalized spacial score (nSPS) is 14.0. The first-order valence-corrected chi connectivity index (χ1v) is 19.1. The van der Waals surface area contributed by atoms with Crippen LogP contribution in [0.5, 0.6) is 0 Å². The minimum absolute atomic E-state index is 0.0278. The van der Waals surface area contributed by atoms with Gasteiger partial charge in [0.25, 0.3) is 0 Å². The number of piperazine rings is 1. The van der Waals surface area contributed by atoms with Gasteiger partial charge in [0.2, 0.25) is 5.95 Å². The second-order valence-electron chi connectivity index (χ2n) is 14.3. The summed E-state index contributed by atoms with van der Waals surface area (Å²) in [5.41, 5.74) is -2.45. The highest BCUT2D eigenvalue weighted by Gasteiger charge is 2.36. The molecule has 1 aliphatic heterocycles. The molecular formula is C36H51F4N11O4S. The number of amides is 1. The van der Waals surface area contributed by atoms with E-state index in [-0.39, 0.29) is 36.4 Å². The van der Waals surface area contributed by atoms with Crippen molar-refractivity contribution in [1.29, 1.82) is 0 Å². The molecule has 308 valence electrons. The highest BCUT2D eigenvalue weighted by Crippen LogP contribution is 2.36. The number of carbonyl (C=O) groups is 1. The second kappa shape index (κ2) is 19.7. The Bertz CT molecular complexity index is 1850. The number of halogens is 4. The zero-order valence-electron chi connectivity index (χ0n) is 32.7. The zero-order chi connectivity index (χ0) is 41.1. The molecule has 0 spiro atoms. The molecule has 1 fully saturated rings. The van der Waals surface area contributed by atoms with E-state index in [0.717, 1.165) is 19.6 Å². The predicted octanol–water partition coefficient (Wildman–Crippen LogP) is 6.00. The van der Waals surface area contributed by atoms with Crippen molar-refractivity contribution in [2.24, 2.45) is 0 Å². The van der Waals surface area contributed by atoms with Gasteiger partial charge in [0.1, 0.15) is 22.7 Å². The van der Waals surface area contributed by atoms with Crippen LogP contribution in [-0.2, 0) is 35.3 Å². The smallest absolute Gasteiger partial charge is 0.419 e. The fourth-order valence-electron chi connectivity index (χ4n) is 5.28. The van der Waals surface area contributed by atoms with E-state index >= 15 is 4.39 Å². The van der Waals surface area contributed by atoms with Gasteiger partial charge in [0, 0.05) is 62.1 Å². The Balaban J connectivity index is 0.00000342. The Morgan fingerprint density at radius 2 is 1.73 bits per heavy atom. The first-order valence-electron chi connectivity index (χ1n) is 18.2. The Labute approximate surface area is 328 Å². The van der Waals surface area contributed by atoms with E-state index in [9.17, 15) is 23.1 Å². The maximum atomic E-state index is 15.0. The molecule has 0 saturated carbocycles. The molecule has 1 aromatic carbocycles. The molecule has 0 aliphatic carbocycles. The van der Waals surface area contributed by atoms with Gasteiger partial charge in [0.15, 0.2) is 0 Å². The number of carbonyl (C=O) groups excluding carboxylic acids is 1. The maximum absolute atomic E-state index is 15.0. The van der Waals surface area contributed by atoms with Crippen LogP contribution in [0.25, 0.3) is 11.3 Å². The lowest BCUT2D eigenvalue weighted by atomic mass is 10.1. The molecule has 4 aromatic rings. The van der Waals surface area contributed by atoms with E-state index < -0.39 is 34.5 Å². The van der Waals surface area contributed by atoms with Gasteiger partial charge in [-0.3, -0.25) is 19.0 Å². The van der Waals surface area contributed by atoms with Crippen molar-refractivity contribution in [3.8, 4) is 11.3 Å². The fraction of sp³-hybridized carbons (Fsp3) is 0.556. The van der Waals surface area contributed by atoms with Crippen molar-refractivity contribution >= 4 is 29.7 Å². The Morgan fingerprint density at radius 1 is 1.00 bits per heavy atom. The van der Waals surface area contributed by atoms with Crippen LogP contribution >= 0.6 is 11.9 Å². The summed E-state index contributed by atoms with van der Waals surface area (Å²) in [4.78, 5) is 24.6. The van der Waals surface area contributed by atoms with E-state index in [2.05, 4.69) is 40.3 Å².